The molecule has 118 valence electrons. The Labute approximate surface area is 132 Å². The van der Waals surface area contributed by atoms with E-state index >= 15 is 0 Å². The normalized spacial score (nSPS) is 11.0. The minimum Gasteiger partial charge on any atom is -0.399 e. The van der Waals surface area contributed by atoms with Crippen LogP contribution < -0.4 is 11.1 Å². The summed E-state index contributed by atoms with van der Waals surface area (Å²) in [7, 11) is 0. The van der Waals surface area contributed by atoms with Crippen molar-refractivity contribution in [2.45, 2.75) is 26.4 Å². The first-order valence-corrected chi connectivity index (χ1v) is 7.52. The number of nitrogens with two attached hydrogens (primary N) is 1. The Morgan fingerprint density at radius 2 is 1.68 bits per heavy atom. The van der Waals surface area contributed by atoms with Gasteiger partial charge in [-0.05, 0) is 29.7 Å². The van der Waals surface area contributed by atoms with Gasteiger partial charge in [-0.3, -0.25) is 4.79 Å². The average molecular weight is 300 g/mol. The lowest BCUT2D eigenvalue weighted by molar-refractivity contribution is -0.129. The predicted molar refractivity (Wildman–Crippen MR) is 90.3 cm³/mol. The molecule has 0 spiro atoms. The van der Waals surface area contributed by atoms with Gasteiger partial charge in [0.15, 0.2) is 6.10 Å². The van der Waals surface area contributed by atoms with Gasteiger partial charge < -0.3 is 16.2 Å². The molecular formula is C18H24N2O2. The molecule has 0 aliphatic rings. The fraction of sp³-hybridized carbons (Fsp3) is 0.278. The molecule has 0 heterocycles. The van der Waals surface area contributed by atoms with Crippen molar-refractivity contribution in [1.29, 1.82) is 0 Å². The average Bonchev–Trinajstić information content (AvgIpc) is 2.58. The second-order valence-electron chi connectivity index (χ2n) is 4.60. The highest BCUT2D eigenvalue weighted by atomic mass is 16.3. The summed E-state index contributed by atoms with van der Waals surface area (Å²) in [4.78, 5) is 11.8. The summed E-state index contributed by atoms with van der Waals surface area (Å²) in [5, 5.41) is 12.6. The first-order chi connectivity index (χ1) is 10.7. The van der Waals surface area contributed by atoms with E-state index in [1.807, 2.05) is 44.2 Å². The monoisotopic (exact) mass is 300 g/mol. The lowest BCUT2D eigenvalue weighted by Crippen LogP contribution is -2.30. The van der Waals surface area contributed by atoms with E-state index in [0.717, 1.165) is 11.3 Å². The number of nitrogens with one attached hydrogen (secondary N) is 1. The fourth-order valence-corrected chi connectivity index (χ4v) is 1.90. The highest BCUT2D eigenvalue weighted by Gasteiger charge is 2.15. The highest BCUT2D eigenvalue weighted by molar-refractivity contribution is 5.81. The number of aliphatic hydroxyl groups excluding tert-OH is 1. The predicted octanol–water partition coefficient (Wildman–Crippen LogP) is 2.69. The zero-order chi connectivity index (χ0) is 16.4. The molecule has 1 unspecified atom stereocenters. The third kappa shape index (κ3) is 5.58. The smallest absolute Gasteiger partial charge is 0.253 e. The summed E-state index contributed by atoms with van der Waals surface area (Å²) in [5.74, 6) is -0.383. The molecule has 4 nitrogen and oxygen atoms in total. The van der Waals surface area contributed by atoms with Crippen LogP contribution in [-0.4, -0.2) is 17.6 Å². The molecule has 2 aromatic carbocycles. The molecule has 0 radical (unpaired) electrons. The maximum atomic E-state index is 11.8. The van der Waals surface area contributed by atoms with E-state index in [1.165, 1.54) is 0 Å². The number of carbonyl (C=O) groups is 1. The van der Waals surface area contributed by atoms with E-state index in [9.17, 15) is 9.90 Å². The Balaban J connectivity index is 0.00000116. The van der Waals surface area contributed by atoms with E-state index < -0.39 is 6.10 Å². The Bertz CT molecular complexity index is 553. The van der Waals surface area contributed by atoms with Gasteiger partial charge in [-0.25, -0.2) is 0 Å². The molecule has 4 heteroatoms. The molecule has 1 atom stereocenters. The molecule has 0 aliphatic carbocycles. The quantitative estimate of drug-likeness (QED) is 0.743. The van der Waals surface area contributed by atoms with E-state index in [-0.39, 0.29) is 5.91 Å². The minimum atomic E-state index is -1.12. The van der Waals surface area contributed by atoms with Crippen molar-refractivity contribution in [1.82, 2.24) is 5.32 Å². The zero-order valence-electron chi connectivity index (χ0n) is 13.1. The molecule has 2 rings (SSSR count). The van der Waals surface area contributed by atoms with Crippen LogP contribution in [0.25, 0.3) is 0 Å². The van der Waals surface area contributed by atoms with Crippen molar-refractivity contribution < 1.29 is 9.90 Å². The summed E-state index contributed by atoms with van der Waals surface area (Å²) in [5.41, 5.74) is 8.01. The van der Waals surface area contributed by atoms with Crippen molar-refractivity contribution in [3.8, 4) is 0 Å². The topological polar surface area (TPSA) is 75.3 Å². The lowest BCUT2D eigenvalue weighted by atomic mass is 10.1. The molecule has 1 amide bonds. The van der Waals surface area contributed by atoms with Crippen LogP contribution in [-0.2, 0) is 11.2 Å². The summed E-state index contributed by atoms with van der Waals surface area (Å²) in [6, 6.07) is 16.4. The van der Waals surface area contributed by atoms with Gasteiger partial charge in [0, 0.05) is 12.2 Å². The molecule has 0 fully saturated rings. The van der Waals surface area contributed by atoms with Gasteiger partial charge in [0.2, 0.25) is 0 Å². The fourth-order valence-electron chi connectivity index (χ4n) is 1.90. The molecule has 0 aromatic heterocycles. The molecule has 0 aliphatic heterocycles. The van der Waals surface area contributed by atoms with E-state index in [2.05, 4.69) is 5.32 Å². The Hall–Kier alpha value is -2.33. The molecule has 0 saturated carbocycles. The summed E-state index contributed by atoms with van der Waals surface area (Å²) >= 11 is 0. The van der Waals surface area contributed by atoms with Crippen molar-refractivity contribution in [2.24, 2.45) is 0 Å². The van der Waals surface area contributed by atoms with Crippen LogP contribution in [0, 0.1) is 0 Å². The third-order valence-corrected chi connectivity index (χ3v) is 3.06. The summed E-state index contributed by atoms with van der Waals surface area (Å²) < 4.78 is 0. The van der Waals surface area contributed by atoms with Crippen LogP contribution in [0.15, 0.2) is 54.6 Å². The van der Waals surface area contributed by atoms with Crippen molar-refractivity contribution in [3.05, 3.63) is 65.7 Å². The number of amides is 1. The molecule has 4 N–H and O–H groups in total. The SMILES string of the molecule is CC.Nc1ccc(CCNC(=O)C(O)c2ccccc2)cc1. The summed E-state index contributed by atoms with van der Waals surface area (Å²) in [6.45, 7) is 4.48. The van der Waals surface area contributed by atoms with Crippen LogP contribution in [0.1, 0.15) is 31.1 Å². The Kier molecular flexibility index (Phi) is 7.72. The van der Waals surface area contributed by atoms with Gasteiger partial charge in [0.25, 0.3) is 5.91 Å². The molecule has 2 aromatic rings. The minimum absolute atomic E-state index is 0.383. The molecule has 0 bridgehead atoms. The molecular weight excluding hydrogens is 276 g/mol. The van der Waals surface area contributed by atoms with Crippen molar-refractivity contribution >= 4 is 11.6 Å². The van der Waals surface area contributed by atoms with Gasteiger partial charge in [-0.1, -0.05) is 56.3 Å². The van der Waals surface area contributed by atoms with Crippen molar-refractivity contribution in [2.75, 3.05) is 12.3 Å². The molecule has 22 heavy (non-hydrogen) atoms. The number of benzene rings is 2. The van der Waals surface area contributed by atoms with Crippen LogP contribution >= 0.6 is 0 Å². The number of rotatable bonds is 5. The van der Waals surface area contributed by atoms with Gasteiger partial charge in [0.05, 0.1) is 0 Å². The Morgan fingerprint density at radius 3 is 2.27 bits per heavy atom. The maximum Gasteiger partial charge on any atom is 0.253 e. The third-order valence-electron chi connectivity index (χ3n) is 3.06. The maximum absolute atomic E-state index is 11.8. The number of anilines is 1. The van der Waals surface area contributed by atoms with Gasteiger partial charge in [-0.15, -0.1) is 0 Å². The number of carbonyl (C=O) groups excluding carboxylic acids is 1. The van der Waals surface area contributed by atoms with E-state index in [1.54, 1.807) is 24.3 Å². The standard InChI is InChI=1S/C16H18N2O2.C2H6/c17-14-8-6-12(7-9-14)10-11-18-16(20)15(19)13-4-2-1-3-5-13;1-2/h1-9,15,19H,10-11,17H2,(H,18,20);1-2H3. The second-order valence-corrected chi connectivity index (χ2v) is 4.60. The number of nitrogen functional groups attached to an aromatic ring is 1. The van der Waals surface area contributed by atoms with E-state index in [0.29, 0.717) is 18.5 Å². The second kappa shape index (κ2) is 9.58. The van der Waals surface area contributed by atoms with Crippen LogP contribution in [0.4, 0.5) is 5.69 Å². The summed E-state index contributed by atoms with van der Waals surface area (Å²) in [6.07, 6.45) is -0.421. The largest absolute Gasteiger partial charge is 0.399 e. The van der Waals surface area contributed by atoms with E-state index in [4.69, 9.17) is 5.73 Å². The first kappa shape index (κ1) is 17.7. The van der Waals surface area contributed by atoms with Crippen LogP contribution in [0.5, 0.6) is 0 Å². The number of hydrogen-bond donors (Lipinski definition) is 3. The number of hydrogen-bond acceptors (Lipinski definition) is 3. The zero-order valence-corrected chi connectivity index (χ0v) is 13.1. The van der Waals surface area contributed by atoms with Gasteiger partial charge in [0.1, 0.15) is 0 Å². The van der Waals surface area contributed by atoms with Crippen molar-refractivity contribution in [3.63, 3.8) is 0 Å². The van der Waals surface area contributed by atoms with Crippen LogP contribution in [0.3, 0.4) is 0 Å². The Morgan fingerprint density at radius 1 is 1.09 bits per heavy atom. The van der Waals surface area contributed by atoms with Gasteiger partial charge >= 0.3 is 0 Å². The van der Waals surface area contributed by atoms with Gasteiger partial charge in [-0.2, -0.15) is 0 Å². The number of aliphatic hydroxyl groups is 1. The lowest BCUT2D eigenvalue weighted by Gasteiger charge is -2.11. The van der Waals surface area contributed by atoms with Crippen LogP contribution in [0.2, 0.25) is 0 Å². The first-order valence-electron chi connectivity index (χ1n) is 7.52. The highest BCUT2D eigenvalue weighted by Crippen LogP contribution is 2.12. The molecule has 0 saturated heterocycles.